The standard InChI is InChI=1S/C21H24N2O4S/c1-3-27-19(24)18-15(2)21(14-22,20(25)23-9-11-26-12-10-23)17(13-28-18)16-7-5-4-6-8-16/h4-8,17H,3,9-13H2,1-2H3. The Kier molecular flexibility index (Phi) is 6.42. The van der Waals surface area contributed by atoms with Crippen molar-refractivity contribution in [1.82, 2.24) is 4.90 Å². The van der Waals surface area contributed by atoms with E-state index in [1.165, 1.54) is 11.8 Å². The van der Waals surface area contributed by atoms with E-state index in [9.17, 15) is 14.9 Å². The fraction of sp³-hybridized carbons (Fsp3) is 0.476. The highest BCUT2D eigenvalue weighted by atomic mass is 32.2. The van der Waals surface area contributed by atoms with Gasteiger partial charge in [-0.15, -0.1) is 11.8 Å². The molecule has 6 nitrogen and oxygen atoms in total. The van der Waals surface area contributed by atoms with Crippen LogP contribution in [0.1, 0.15) is 25.3 Å². The number of benzene rings is 1. The third-order valence-corrected chi connectivity index (χ3v) is 6.59. The molecule has 0 spiro atoms. The van der Waals surface area contributed by atoms with E-state index in [1.54, 1.807) is 18.7 Å². The summed E-state index contributed by atoms with van der Waals surface area (Å²) in [6, 6.07) is 11.9. The van der Waals surface area contributed by atoms with Crippen LogP contribution in [-0.2, 0) is 19.1 Å². The Bertz CT molecular complexity index is 811. The van der Waals surface area contributed by atoms with Crippen LogP contribution in [0.15, 0.2) is 40.8 Å². The molecule has 2 aliphatic rings. The molecular formula is C21H24N2O4S. The van der Waals surface area contributed by atoms with Gasteiger partial charge < -0.3 is 14.4 Å². The van der Waals surface area contributed by atoms with Crippen LogP contribution in [-0.4, -0.2) is 55.4 Å². The molecule has 0 aliphatic carbocycles. The Morgan fingerprint density at radius 3 is 2.61 bits per heavy atom. The lowest BCUT2D eigenvalue weighted by Crippen LogP contribution is -2.52. The first-order valence-electron chi connectivity index (χ1n) is 9.40. The molecule has 3 rings (SSSR count). The summed E-state index contributed by atoms with van der Waals surface area (Å²) in [4.78, 5) is 28.2. The van der Waals surface area contributed by atoms with E-state index in [-0.39, 0.29) is 18.4 Å². The van der Waals surface area contributed by atoms with E-state index in [1.807, 2.05) is 30.3 Å². The van der Waals surface area contributed by atoms with Crippen molar-refractivity contribution < 1.29 is 19.1 Å². The summed E-state index contributed by atoms with van der Waals surface area (Å²) in [5.74, 6) is -0.617. The monoisotopic (exact) mass is 400 g/mol. The Balaban J connectivity index is 2.13. The van der Waals surface area contributed by atoms with Crippen LogP contribution in [0.25, 0.3) is 0 Å². The van der Waals surface area contributed by atoms with Crippen LogP contribution in [0.5, 0.6) is 0 Å². The number of thioether (sulfide) groups is 1. The molecule has 1 fully saturated rings. The van der Waals surface area contributed by atoms with E-state index in [4.69, 9.17) is 9.47 Å². The van der Waals surface area contributed by atoms with Gasteiger partial charge in [0.1, 0.15) is 0 Å². The van der Waals surface area contributed by atoms with Gasteiger partial charge in [0.25, 0.3) is 0 Å². The van der Waals surface area contributed by atoms with Crippen LogP contribution >= 0.6 is 11.8 Å². The van der Waals surface area contributed by atoms with Crippen LogP contribution in [0.2, 0.25) is 0 Å². The first-order valence-corrected chi connectivity index (χ1v) is 10.4. The highest BCUT2D eigenvalue weighted by molar-refractivity contribution is 8.04. The van der Waals surface area contributed by atoms with Crippen molar-refractivity contribution in [3.05, 3.63) is 46.4 Å². The molecule has 0 N–H and O–H groups in total. The van der Waals surface area contributed by atoms with Crippen LogP contribution < -0.4 is 0 Å². The summed E-state index contributed by atoms with van der Waals surface area (Å²) >= 11 is 1.36. The molecule has 2 heterocycles. The van der Waals surface area contributed by atoms with Gasteiger partial charge in [0.05, 0.1) is 30.8 Å². The maximum Gasteiger partial charge on any atom is 0.344 e. The average molecular weight is 401 g/mol. The number of rotatable bonds is 4. The molecule has 0 bridgehead atoms. The Morgan fingerprint density at radius 1 is 1.32 bits per heavy atom. The Labute approximate surface area is 169 Å². The van der Waals surface area contributed by atoms with Gasteiger partial charge >= 0.3 is 5.97 Å². The first-order chi connectivity index (χ1) is 13.6. The van der Waals surface area contributed by atoms with Crippen molar-refractivity contribution in [1.29, 1.82) is 5.26 Å². The van der Waals surface area contributed by atoms with Gasteiger partial charge in [0.15, 0.2) is 5.41 Å². The zero-order valence-corrected chi connectivity index (χ0v) is 17.0. The molecule has 2 unspecified atom stereocenters. The molecule has 0 aromatic heterocycles. The summed E-state index contributed by atoms with van der Waals surface area (Å²) in [5, 5.41) is 10.3. The number of carbonyl (C=O) groups is 2. The molecule has 1 saturated heterocycles. The zero-order chi connectivity index (χ0) is 20.1. The second-order valence-electron chi connectivity index (χ2n) is 6.77. The normalized spacial score (nSPS) is 25.2. The van der Waals surface area contributed by atoms with Crippen LogP contribution in [0.4, 0.5) is 0 Å². The summed E-state index contributed by atoms with van der Waals surface area (Å²) in [6.07, 6.45) is 0. The lowest BCUT2D eigenvalue weighted by molar-refractivity contribution is -0.142. The van der Waals surface area contributed by atoms with Crippen molar-refractivity contribution in [2.75, 3.05) is 38.7 Å². The number of esters is 1. The highest BCUT2D eigenvalue weighted by Gasteiger charge is 2.54. The fourth-order valence-corrected chi connectivity index (χ4v) is 5.15. The number of hydrogen-bond donors (Lipinski definition) is 0. The Hall–Kier alpha value is -2.30. The van der Waals surface area contributed by atoms with E-state index in [2.05, 4.69) is 6.07 Å². The van der Waals surface area contributed by atoms with E-state index >= 15 is 0 Å². The van der Waals surface area contributed by atoms with Gasteiger partial charge in [-0.3, -0.25) is 4.79 Å². The zero-order valence-electron chi connectivity index (χ0n) is 16.1. The number of morpholine rings is 1. The van der Waals surface area contributed by atoms with Crippen molar-refractivity contribution in [2.45, 2.75) is 19.8 Å². The van der Waals surface area contributed by atoms with Gasteiger partial charge in [0, 0.05) is 24.8 Å². The number of ether oxygens (including phenoxy) is 2. The fourth-order valence-electron chi connectivity index (χ4n) is 3.82. The minimum atomic E-state index is -1.44. The van der Waals surface area contributed by atoms with Gasteiger partial charge in [0.2, 0.25) is 5.91 Å². The highest BCUT2D eigenvalue weighted by Crippen LogP contribution is 2.52. The third kappa shape index (κ3) is 3.54. The van der Waals surface area contributed by atoms with Crippen LogP contribution in [0.3, 0.4) is 0 Å². The smallest absolute Gasteiger partial charge is 0.344 e. The molecule has 1 amide bonds. The summed E-state index contributed by atoms with van der Waals surface area (Å²) in [6.45, 7) is 5.49. The van der Waals surface area contributed by atoms with Crippen molar-refractivity contribution in [3.63, 3.8) is 0 Å². The minimum absolute atomic E-state index is 0.245. The molecule has 1 aromatic rings. The maximum atomic E-state index is 13.7. The molecule has 0 saturated carbocycles. The maximum absolute atomic E-state index is 13.7. The molecule has 0 radical (unpaired) electrons. The second kappa shape index (κ2) is 8.80. The first kappa shape index (κ1) is 20.4. The number of nitrogens with zero attached hydrogens (tertiary/aromatic N) is 2. The molecule has 28 heavy (non-hydrogen) atoms. The van der Waals surface area contributed by atoms with Gasteiger partial charge in [-0.05, 0) is 25.0 Å². The lowest BCUT2D eigenvalue weighted by Gasteiger charge is -2.42. The summed E-state index contributed by atoms with van der Waals surface area (Å²) in [5.41, 5.74) is -0.0399. The minimum Gasteiger partial charge on any atom is -0.462 e. The SMILES string of the molecule is CCOC(=O)C1=C(C)C(C#N)(C(=O)N2CCOCC2)C(c2ccccc2)CS1. The third-order valence-electron chi connectivity index (χ3n) is 5.32. The lowest BCUT2D eigenvalue weighted by atomic mass is 9.67. The van der Waals surface area contributed by atoms with E-state index in [0.717, 1.165) is 5.56 Å². The molecular weight excluding hydrogens is 376 g/mol. The molecule has 1 aromatic carbocycles. The predicted octanol–water partition coefficient (Wildman–Crippen LogP) is 2.72. The summed E-state index contributed by atoms with van der Waals surface area (Å²) < 4.78 is 10.6. The number of carbonyl (C=O) groups excluding carboxylic acids is 2. The average Bonchev–Trinajstić information content (AvgIpc) is 2.74. The molecule has 7 heteroatoms. The predicted molar refractivity (Wildman–Crippen MR) is 106 cm³/mol. The quantitative estimate of drug-likeness (QED) is 0.723. The second-order valence-corrected chi connectivity index (χ2v) is 7.80. The molecule has 148 valence electrons. The van der Waals surface area contributed by atoms with Crippen molar-refractivity contribution in [2.24, 2.45) is 5.41 Å². The van der Waals surface area contributed by atoms with Crippen molar-refractivity contribution in [3.8, 4) is 6.07 Å². The van der Waals surface area contributed by atoms with Crippen molar-refractivity contribution >= 4 is 23.6 Å². The van der Waals surface area contributed by atoms with Gasteiger partial charge in [-0.25, -0.2) is 4.79 Å². The number of hydrogen-bond acceptors (Lipinski definition) is 6. The van der Waals surface area contributed by atoms with Gasteiger partial charge in [-0.2, -0.15) is 5.26 Å². The number of amides is 1. The number of nitriles is 1. The van der Waals surface area contributed by atoms with Crippen LogP contribution in [0, 0.1) is 16.7 Å². The Morgan fingerprint density at radius 2 is 2.00 bits per heavy atom. The van der Waals surface area contributed by atoms with E-state index < -0.39 is 11.4 Å². The topological polar surface area (TPSA) is 79.6 Å². The molecule has 2 atom stereocenters. The summed E-state index contributed by atoms with van der Waals surface area (Å²) in [7, 11) is 0. The van der Waals surface area contributed by atoms with E-state index in [0.29, 0.717) is 42.5 Å². The molecule has 2 aliphatic heterocycles. The largest absolute Gasteiger partial charge is 0.462 e. The van der Waals surface area contributed by atoms with Gasteiger partial charge in [-0.1, -0.05) is 30.3 Å².